The van der Waals surface area contributed by atoms with Crippen LogP contribution in [0.25, 0.3) is 10.9 Å². The van der Waals surface area contributed by atoms with Crippen LogP contribution in [0.15, 0.2) is 42.7 Å². The first-order valence-corrected chi connectivity index (χ1v) is 6.51. The fraction of sp³-hybridized carbons (Fsp3) is 0.133. The van der Waals surface area contributed by atoms with Crippen LogP contribution >= 0.6 is 0 Å². The molecule has 0 saturated heterocycles. The van der Waals surface area contributed by atoms with E-state index < -0.39 is 0 Å². The molecule has 1 aromatic carbocycles. The summed E-state index contributed by atoms with van der Waals surface area (Å²) in [6.45, 7) is 0. The van der Waals surface area contributed by atoms with Gasteiger partial charge in [0.25, 0.3) is 5.91 Å². The van der Waals surface area contributed by atoms with Gasteiger partial charge < -0.3 is 10.2 Å². The summed E-state index contributed by atoms with van der Waals surface area (Å²) in [5.74, 6) is 0.627. The number of rotatable bonds is 3. The highest BCUT2D eigenvalue weighted by atomic mass is 16.2. The molecule has 2 heterocycles. The number of anilines is 2. The van der Waals surface area contributed by atoms with Crippen LogP contribution in [0.4, 0.5) is 11.5 Å². The summed E-state index contributed by atoms with van der Waals surface area (Å²) in [4.78, 5) is 17.6. The van der Waals surface area contributed by atoms with Gasteiger partial charge in [-0.25, -0.2) is 4.98 Å². The number of nitrogens with zero attached hydrogens (tertiary/aromatic N) is 3. The van der Waals surface area contributed by atoms with Crippen LogP contribution in [0.3, 0.4) is 0 Å². The average Bonchev–Trinajstić information content (AvgIpc) is 2.95. The molecule has 0 saturated carbocycles. The Morgan fingerprint density at radius 3 is 2.76 bits per heavy atom. The van der Waals surface area contributed by atoms with Crippen LogP contribution in [-0.2, 0) is 0 Å². The van der Waals surface area contributed by atoms with Crippen LogP contribution in [-0.4, -0.2) is 40.1 Å². The molecule has 2 aromatic heterocycles. The molecule has 3 aromatic rings. The van der Waals surface area contributed by atoms with Crippen molar-refractivity contribution in [2.75, 3.05) is 19.4 Å². The van der Waals surface area contributed by atoms with Gasteiger partial charge >= 0.3 is 0 Å². The van der Waals surface area contributed by atoms with Crippen molar-refractivity contribution in [3.05, 3.63) is 48.3 Å². The number of hydrogen-bond donors (Lipinski definition) is 2. The number of amides is 1. The molecule has 1 amide bonds. The largest absolute Gasteiger partial charge is 0.345 e. The van der Waals surface area contributed by atoms with Gasteiger partial charge in [0.2, 0.25) is 0 Å². The molecule has 21 heavy (non-hydrogen) atoms. The van der Waals surface area contributed by atoms with Gasteiger partial charge in [0.05, 0.1) is 17.3 Å². The van der Waals surface area contributed by atoms with E-state index in [-0.39, 0.29) is 5.91 Å². The van der Waals surface area contributed by atoms with Crippen LogP contribution in [0.1, 0.15) is 10.4 Å². The van der Waals surface area contributed by atoms with Crippen molar-refractivity contribution in [3.8, 4) is 0 Å². The predicted molar refractivity (Wildman–Crippen MR) is 81.6 cm³/mol. The number of nitrogens with one attached hydrogen (secondary N) is 2. The van der Waals surface area contributed by atoms with Crippen LogP contribution < -0.4 is 5.32 Å². The molecule has 3 rings (SSSR count). The van der Waals surface area contributed by atoms with Crippen molar-refractivity contribution in [2.45, 2.75) is 0 Å². The molecule has 0 atom stereocenters. The van der Waals surface area contributed by atoms with Crippen molar-refractivity contribution in [1.29, 1.82) is 0 Å². The van der Waals surface area contributed by atoms with Crippen molar-refractivity contribution in [1.82, 2.24) is 20.1 Å². The quantitative estimate of drug-likeness (QED) is 0.773. The SMILES string of the molecule is CN(C)C(=O)c1ccc(Nc2ccc3[nH]ncc3c2)nc1. The van der Waals surface area contributed by atoms with Gasteiger partial charge in [-0.1, -0.05) is 0 Å². The van der Waals surface area contributed by atoms with Gasteiger partial charge in [-0.15, -0.1) is 0 Å². The lowest BCUT2D eigenvalue weighted by molar-refractivity contribution is 0.0827. The summed E-state index contributed by atoms with van der Waals surface area (Å²) in [5, 5.41) is 11.1. The zero-order valence-corrected chi connectivity index (χ0v) is 11.8. The summed E-state index contributed by atoms with van der Waals surface area (Å²) in [7, 11) is 3.43. The van der Waals surface area contributed by atoms with Crippen molar-refractivity contribution >= 4 is 28.3 Å². The summed E-state index contributed by atoms with van der Waals surface area (Å²) >= 11 is 0. The lowest BCUT2D eigenvalue weighted by atomic mass is 10.2. The Morgan fingerprint density at radius 2 is 2.05 bits per heavy atom. The lowest BCUT2D eigenvalue weighted by Gasteiger charge is -2.10. The smallest absolute Gasteiger partial charge is 0.254 e. The van der Waals surface area contributed by atoms with E-state index in [1.54, 1.807) is 38.6 Å². The lowest BCUT2D eigenvalue weighted by Crippen LogP contribution is -2.21. The molecule has 6 heteroatoms. The standard InChI is InChI=1S/C15H15N5O/c1-20(2)15(21)10-3-6-14(16-8-10)18-12-4-5-13-11(7-12)9-17-19-13/h3-9H,1-2H3,(H,16,18)(H,17,19). The third kappa shape index (κ3) is 2.69. The van der Waals surface area contributed by atoms with Crippen molar-refractivity contribution in [2.24, 2.45) is 0 Å². The topological polar surface area (TPSA) is 73.9 Å². The molecular formula is C15H15N5O. The van der Waals surface area contributed by atoms with E-state index in [2.05, 4.69) is 20.5 Å². The first-order valence-electron chi connectivity index (χ1n) is 6.51. The molecular weight excluding hydrogens is 266 g/mol. The van der Waals surface area contributed by atoms with Gasteiger partial charge in [-0.2, -0.15) is 5.10 Å². The molecule has 106 valence electrons. The minimum Gasteiger partial charge on any atom is -0.345 e. The number of benzene rings is 1. The highest BCUT2D eigenvalue weighted by Gasteiger charge is 2.08. The Kier molecular flexibility index (Phi) is 3.27. The van der Waals surface area contributed by atoms with Crippen LogP contribution in [0.2, 0.25) is 0 Å². The van der Waals surface area contributed by atoms with Gasteiger partial charge in [0.1, 0.15) is 5.82 Å². The fourth-order valence-electron chi connectivity index (χ4n) is 2.02. The van der Waals surface area contributed by atoms with E-state index in [9.17, 15) is 4.79 Å². The Morgan fingerprint density at radius 1 is 1.19 bits per heavy atom. The zero-order valence-electron chi connectivity index (χ0n) is 11.8. The number of carbonyl (C=O) groups excluding carboxylic acids is 1. The first kappa shape index (κ1) is 13.1. The number of carbonyl (C=O) groups is 1. The molecule has 0 aliphatic rings. The molecule has 0 aliphatic heterocycles. The van der Waals surface area contributed by atoms with Gasteiger partial charge in [-0.3, -0.25) is 9.89 Å². The summed E-state index contributed by atoms with van der Waals surface area (Å²) in [6.07, 6.45) is 3.34. The summed E-state index contributed by atoms with van der Waals surface area (Å²) < 4.78 is 0. The molecule has 0 spiro atoms. The van der Waals surface area contributed by atoms with E-state index in [1.165, 1.54) is 4.90 Å². The molecule has 0 aliphatic carbocycles. The monoisotopic (exact) mass is 281 g/mol. The Bertz CT molecular complexity index is 776. The molecule has 2 N–H and O–H groups in total. The van der Waals surface area contributed by atoms with Gasteiger partial charge in [0, 0.05) is 31.4 Å². The van der Waals surface area contributed by atoms with Crippen molar-refractivity contribution < 1.29 is 4.79 Å². The van der Waals surface area contributed by atoms with Gasteiger partial charge in [0.15, 0.2) is 0 Å². The highest BCUT2D eigenvalue weighted by molar-refractivity contribution is 5.93. The van der Waals surface area contributed by atoms with E-state index in [4.69, 9.17) is 0 Å². The minimum atomic E-state index is -0.0612. The molecule has 0 bridgehead atoms. The van der Waals surface area contributed by atoms with E-state index in [1.807, 2.05) is 18.2 Å². The third-order valence-electron chi connectivity index (χ3n) is 3.13. The number of hydrogen-bond acceptors (Lipinski definition) is 4. The van der Waals surface area contributed by atoms with E-state index >= 15 is 0 Å². The Hall–Kier alpha value is -2.89. The fourth-order valence-corrected chi connectivity index (χ4v) is 2.02. The number of aromatic amines is 1. The number of aromatic nitrogens is 3. The Labute approximate surface area is 121 Å². The average molecular weight is 281 g/mol. The summed E-state index contributed by atoms with van der Waals surface area (Å²) in [6, 6.07) is 9.43. The van der Waals surface area contributed by atoms with Gasteiger partial charge in [-0.05, 0) is 30.3 Å². The second kappa shape index (κ2) is 5.24. The zero-order chi connectivity index (χ0) is 14.8. The molecule has 0 radical (unpaired) electrons. The maximum Gasteiger partial charge on any atom is 0.254 e. The second-order valence-corrected chi connectivity index (χ2v) is 4.93. The third-order valence-corrected chi connectivity index (χ3v) is 3.13. The number of fused-ring (bicyclic) bond motifs is 1. The maximum absolute atomic E-state index is 11.8. The van der Waals surface area contributed by atoms with E-state index in [0.29, 0.717) is 11.4 Å². The first-order chi connectivity index (χ1) is 10.1. The van der Waals surface area contributed by atoms with Crippen LogP contribution in [0.5, 0.6) is 0 Å². The second-order valence-electron chi connectivity index (χ2n) is 4.93. The number of H-pyrrole nitrogens is 1. The van der Waals surface area contributed by atoms with Crippen molar-refractivity contribution in [3.63, 3.8) is 0 Å². The highest BCUT2D eigenvalue weighted by Crippen LogP contribution is 2.20. The predicted octanol–water partition coefficient (Wildman–Crippen LogP) is 2.40. The summed E-state index contributed by atoms with van der Waals surface area (Å²) in [5.41, 5.74) is 2.47. The maximum atomic E-state index is 11.8. The molecule has 0 fully saturated rings. The number of pyridine rings is 1. The van der Waals surface area contributed by atoms with E-state index in [0.717, 1.165) is 16.6 Å². The minimum absolute atomic E-state index is 0.0612. The molecule has 0 unspecified atom stereocenters. The normalized spacial score (nSPS) is 10.6. The Balaban J connectivity index is 1.79. The van der Waals surface area contributed by atoms with Crippen LogP contribution in [0, 0.1) is 0 Å². The molecule has 6 nitrogen and oxygen atoms in total.